The van der Waals surface area contributed by atoms with Gasteiger partial charge in [0.2, 0.25) is 0 Å². The lowest BCUT2D eigenvalue weighted by molar-refractivity contribution is -0.173. The molecular formula is C12H21F3O. The molecule has 0 N–H and O–H groups in total. The third-order valence-corrected chi connectivity index (χ3v) is 2.09. The molecule has 0 amide bonds. The zero-order valence-electron chi connectivity index (χ0n) is 9.85. The van der Waals surface area contributed by atoms with E-state index in [0.717, 1.165) is 12.8 Å². The summed E-state index contributed by atoms with van der Waals surface area (Å²) in [7, 11) is 0. The standard InChI is InChI=1S/C12H21F3O/c1-2-3-4-5-6-7-8-9-10-16-11-12(13,14)15/h7-8H,2-6,9-11H2,1H3/b8-7+. The van der Waals surface area contributed by atoms with E-state index in [1.807, 2.05) is 12.2 Å². The van der Waals surface area contributed by atoms with Crippen molar-refractivity contribution in [3.8, 4) is 0 Å². The maximum Gasteiger partial charge on any atom is 0.411 e. The first kappa shape index (κ1) is 15.5. The number of unbranched alkanes of at least 4 members (excludes halogenated alkanes) is 4. The minimum absolute atomic E-state index is 0.144. The Bertz CT molecular complexity index is 176. The first-order chi connectivity index (χ1) is 7.56. The highest BCUT2D eigenvalue weighted by Crippen LogP contribution is 2.14. The van der Waals surface area contributed by atoms with Crippen molar-refractivity contribution in [2.45, 2.75) is 51.6 Å². The summed E-state index contributed by atoms with van der Waals surface area (Å²) in [5.41, 5.74) is 0. The van der Waals surface area contributed by atoms with Gasteiger partial charge < -0.3 is 4.74 Å². The van der Waals surface area contributed by atoms with Crippen LogP contribution >= 0.6 is 0 Å². The van der Waals surface area contributed by atoms with Crippen LogP contribution in [-0.2, 0) is 4.74 Å². The van der Waals surface area contributed by atoms with E-state index in [0.29, 0.717) is 6.42 Å². The second-order valence-electron chi connectivity index (χ2n) is 3.78. The van der Waals surface area contributed by atoms with Crippen molar-refractivity contribution >= 4 is 0 Å². The highest BCUT2D eigenvalue weighted by Gasteiger charge is 2.26. The van der Waals surface area contributed by atoms with Crippen molar-refractivity contribution in [1.82, 2.24) is 0 Å². The van der Waals surface area contributed by atoms with Crippen LogP contribution in [0.4, 0.5) is 13.2 Å². The lowest BCUT2D eigenvalue weighted by Crippen LogP contribution is -2.17. The average Bonchev–Trinajstić information content (AvgIpc) is 2.19. The monoisotopic (exact) mass is 238 g/mol. The summed E-state index contributed by atoms with van der Waals surface area (Å²) in [4.78, 5) is 0. The molecule has 0 fully saturated rings. The number of hydrogen-bond donors (Lipinski definition) is 0. The van der Waals surface area contributed by atoms with Crippen LogP contribution in [-0.4, -0.2) is 19.4 Å². The summed E-state index contributed by atoms with van der Waals surface area (Å²) in [6.45, 7) is 1.16. The van der Waals surface area contributed by atoms with Crippen molar-refractivity contribution < 1.29 is 17.9 Å². The van der Waals surface area contributed by atoms with Crippen LogP contribution in [0.2, 0.25) is 0 Å². The minimum Gasteiger partial charge on any atom is -0.372 e. The molecule has 0 rings (SSSR count). The van der Waals surface area contributed by atoms with Crippen LogP contribution in [0.25, 0.3) is 0 Å². The van der Waals surface area contributed by atoms with Gasteiger partial charge in [-0.2, -0.15) is 13.2 Å². The van der Waals surface area contributed by atoms with Gasteiger partial charge in [-0.3, -0.25) is 0 Å². The summed E-state index contributed by atoms with van der Waals surface area (Å²) in [6, 6.07) is 0. The quantitative estimate of drug-likeness (QED) is 0.425. The fourth-order valence-corrected chi connectivity index (χ4v) is 1.26. The summed E-state index contributed by atoms with van der Waals surface area (Å²) < 4.78 is 39.4. The van der Waals surface area contributed by atoms with E-state index in [1.54, 1.807) is 0 Å². The second-order valence-corrected chi connectivity index (χ2v) is 3.78. The fourth-order valence-electron chi connectivity index (χ4n) is 1.26. The molecule has 0 aliphatic carbocycles. The lowest BCUT2D eigenvalue weighted by Gasteiger charge is -2.05. The molecule has 96 valence electrons. The Balaban J connectivity index is 3.16. The maximum atomic E-state index is 11.7. The van der Waals surface area contributed by atoms with E-state index in [4.69, 9.17) is 0 Å². The smallest absolute Gasteiger partial charge is 0.372 e. The van der Waals surface area contributed by atoms with Crippen LogP contribution in [0.15, 0.2) is 12.2 Å². The Hall–Kier alpha value is -0.510. The van der Waals surface area contributed by atoms with Crippen LogP contribution in [0.3, 0.4) is 0 Å². The van der Waals surface area contributed by atoms with Crippen LogP contribution in [0.5, 0.6) is 0 Å². The second kappa shape index (κ2) is 9.70. The Morgan fingerprint density at radius 2 is 1.69 bits per heavy atom. The van der Waals surface area contributed by atoms with Gasteiger partial charge in [0.25, 0.3) is 0 Å². The van der Waals surface area contributed by atoms with Crippen LogP contribution < -0.4 is 0 Å². The third-order valence-electron chi connectivity index (χ3n) is 2.09. The molecule has 0 bridgehead atoms. The molecule has 0 radical (unpaired) electrons. The fraction of sp³-hybridized carbons (Fsp3) is 0.833. The van der Waals surface area contributed by atoms with Crippen molar-refractivity contribution in [2.75, 3.05) is 13.2 Å². The number of alkyl halides is 3. The van der Waals surface area contributed by atoms with E-state index in [-0.39, 0.29) is 6.61 Å². The molecule has 0 aromatic heterocycles. The zero-order chi connectivity index (χ0) is 12.3. The molecule has 0 unspecified atom stereocenters. The Labute approximate surface area is 95.7 Å². The SMILES string of the molecule is CCCCCC/C=C/CCOCC(F)(F)F. The molecule has 0 aliphatic rings. The van der Waals surface area contributed by atoms with Crippen molar-refractivity contribution in [3.05, 3.63) is 12.2 Å². The van der Waals surface area contributed by atoms with Crippen molar-refractivity contribution in [1.29, 1.82) is 0 Å². The van der Waals surface area contributed by atoms with E-state index >= 15 is 0 Å². The Kier molecular flexibility index (Phi) is 9.39. The van der Waals surface area contributed by atoms with Crippen LogP contribution in [0, 0.1) is 0 Å². The third kappa shape index (κ3) is 13.5. The van der Waals surface area contributed by atoms with Gasteiger partial charge >= 0.3 is 6.18 Å². The highest BCUT2D eigenvalue weighted by atomic mass is 19.4. The van der Waals surface area contributed by atoms with Crippen molar-refractivity contribution in [3.63, 3.8) is 0 Å². The molecule has 1 nitrogen and oxygen atoms in total. The van der Waals surface area contributed by atoms with E-state index in [2.05, 4.69) is 11.7 Å². The van der Waals surface area contributed by atoms with Crippen molar-refractivity contribution in [2.24, 2.45) is 0 Å². The van der Waals surface area contributed by atoms with Gasteiger partial charge in [0.05, 0.1) is 6.61 Å². The number of allylic oxidation sites excluding steroid dienone is 1. The summed E-state index contributed by atoms with van der Waals surface area (Å²) in [5.74, 6) is 0. The van der Waals surface area contributed by atoms with Gasteiger partial charge in [0.15, 0.2) is 0 Å². The highest BCUT2D eigenvalue weighted by molar-refractivity contribution is 4.81. The molecule has 0 saturated carbocycles. The molecular weight excluding hydrogens is 217 g/mol. The first-order valence-corrected chi connectivity index (χ1v) is 5.85. The maximum absolute atomic E-state index is 11.7. The molecule has 0 aromatic rings. The largest absolute Gasteiger partial charge is 0.411 e. The molecule has 0 heterocycles. The number of halogens is 3. The molecule has 16 heavy (non-hydrogen) atoms. The summed E-state index contributed by atoms with van der Waals surface area (Å²) >= 11 is 0. The average molecular weight is 238 g/mol. The molecule has 0 saturated heterocycles. The topological polar surface area (TPSA) is 9.23 Å². The molecule has 0 aliphatic heterocycles. The van der Waals surface area contributed by atoms with Gasteiger partial charge in [0.1, 0.15) is 6.61 Å². The first-order valence-electron chi connectivity index (χ1n) is 5.85. The van der Waals surface area contributed by atoms with Gasteiger partial charge in [-0.05, 0) is 19.3 Å². The van der Waals surface area contributed by atoms with E-state index in [1.165, 1.54) is 19.3 Å². The van der Waals surface area contributed by atoms with Gasteiger partial charge in [-0.25, -0.2) is 0 Å². The predicted molar refractivity (Wildman–Crippen MR) is 59.4 cm³/mol. The number of hydrogen-bond acceptors (Lipinski definition) is 1. The summed E-state index contributed by atoms with van der Waals surface area (Å²) in [5, 5.41) is 0. The minimum atomic E-state index is -4.20. The molecule has 0 spiro atoms. The van der Waals surface area contributed by atoms with E-state index in [9.17, 15) is 13.2 Å². The van der Waals surface area contributed by atoms with Gasteiger partial charge in [-0.1, -0.05) is 38.3 Å². The van der Waals surface area contributed by atoms with Gasteiger partial charge in [0, 0.05) is 0 Å². The Morgan fingerprint density at radius 1 is 1.00 bits per heavy atom. The summed E-state index contributed by atoms with van der Waals surface area (Å²) in [6.07, 6.45) is 6.14. The zero-order valence-corrected chi connectivity index (χ0v) is 9.85. The predicted octanol–water partition coefficient (Wildman–Crippen LogP) is 4.48. The number of rotatable bonds is 9. The van der Waals surface area contributed by atoms with Gasteiger partial charge in [-0.15, -0.1) is 0 Å². The molecule has 4 heteroatoms. The normalized spacial score (nSPS) is 12.5. The Morgan fingerprint density at radius 3 is 2.31 bits per heavy atom. The molecule has 0 atom stereocenters. The number of ether oxygens (including phenoxy) is 1. The van der Waals surface area contributed by atoms with E-state index < -0.39 is 12.8 Å². The lowest BCUT2D eigenvalue weighted by atomic mass is 10.1. The molecule has 0 aromatic carbocycles. The van der Waals surface area contributed by atoms with Crippen LogP contribution in [0.1, 0.15) is 45.4 Å².